The zero-order valence-electron chi connectivity index (χ0n) is 12.8. The number of rotatable bonds is 7. The minimum Gasteiger partial charge on any atom is -0.478 e. The minimum atomic E-state index is -1.00. The molecule has 114 valence electrons. The third-order valence-corrected chi connectivity index (χ3v) is 3.32. The number of nitrogens with one attached hydrogen (secondary N) is 1. The summed E-state index contributed by atoms with van der Waals surface area (Å²) in [6, 6.07) is 5.44. The average Bonchev–Trinajstić information content (AvgIpc) is 2.43. The standard InChI is InChI=1S/C17H23NO3/c1-4-5-6-13(3)18-17(21)15-8-7-12(2)14(11-15)9-10-16(19)20/h7-11,13H,4-6H2,1-3H3,(H,18,21)(H,19,20)/b10-9+. The van der Waals surface area contributed by atoms with Crippen LogP contribution in [-0.4, -0.2) is 23.0 Å². The van der Waals surface area contributed by atoms with Gasteiger partial charge in [-0.1, -0.05) is 25.8 Å². The summed E-state index contributed by atoms with van der Waals surface area (Å²) in [5, 5.41) is 11.6. The van der Waals surface area contributed by atoms with Crippen molar-refractivity contribution in [1.29, 1.82) is 0 Å². The van der Waals surface area contributed by atoms with E-state index in [1.54, 1.807) is 12.1 Å². The Bertz CT molecular complexity index is 535. The van der Waals surface area contributed by atoms with E-state index in [1.165, 1.54) is 6.08 Å². The van der Waals surface area contributed by atoms with Crippen molar-refractivity contribution in [3.8, 4) is 0 Å². The maximum atomic E-state index is 12.2. The SMILES string of the molecule is CCCCC(C)NC(=O)c1ccc(C)c(/C=C/C(=O)O)c1. The lowest BCUT2D eigenvalue weighted by Gasteiger charge is -2.14. The Hall–Kier alpha value is -2.10. The summed E-state index contributed by atoms with van der Waals surface area (Å²) in [5.41, 5.74) is 2.23. The normalized spacial score (nSPS) is 12.3. The van der Waals surface area contributed by atoms with Gasteiger partial charge in [-0.2, -0.15) is 0 Å². The number of benzene rings is 1. The molecule has 2 N–H and O–H groups in total. The van der Waals surface area contributed by atoms with Crippen LogP contribution in [0.25, 0.3) is 6.08 Å². The molecule has 0 saturated heterocycles. The Morgan fingerprint density at radius 3 is 2.71 bits per heavy atom. The van der Waals surface area contributed by atoms with Gasteiger partial charge in [-0.05, 0) is 49.6 Å². The topological polar surface area (TPSA) is 66.4 Å². The van der Waals surface area contributed by atoms with E-state index in [1.807, 2.05) is 19.9 Å². The van der Waals surface area contributed by atoms with E-state index in [2.05, 4.69) is 12.2 Å². The lowest BCUT2D eigenvalue weighted by atomic mass is 10.0. The zero-order valence-corrected chi connectivity index (χ0v) is 12.8. The van der Waals surface area contributed by atoms with Crippen LogP contribution in [0.4, 0.5) is 0 Å². The number of hydrogen-bond donors (Lipinski definition) is 2. The van der Waals surface area contributed by atoms with E-state index < -0.39 is 5.97 Å². The molecule has 0 aliphatic carbocycles. The molecule has 1 aromatic carbocycles. The Labute approximate surface area is 125 Å². The predicted octanol–water partition coefficient (Wildman–Crippen LogP) is 3.40. The van der Waals surface area contributed by atoms with Crippen molar-refractivity contribution in [3.05, 3.63) is 41.0 Å². The summed E-state index contributed by atoms with van der Waals surface area (Å²) in [5.74, 6) is -1.12. The molecule has 1 aromatic rings. The molecule has 0 fully saturated rings. The quantitative estimate of drug-likeness (QED) is 0.756. The van der Waals surface area contributed by atoms with E-state index in [9.17, 15) is 9.59 Å². The monoisotopic (exact) mass is 289 g/mol. The van der Waals surface area contributed by atoms with Crippen LogP contribution in [0.15, 0.2) is 24.3 Å². The fraction of sp³-hybridized carbons (Fsp3) is 0.412. The second-order valence-corrected chi connectivity index (χ2v) is 5.26. The van der Waals surface area contributed by atoms with Crippen molar-refractivity contribution < 1.29 is 14.7 Å². The largest absolute Gasteiger partial charge is 0.478 e. The van der Waals surface area contributed by atoms with Gasteiger partial charge in [0.15, 0.2) is 0 Å². The summed E-state index contributed by atoms with van der Waals surface area (Å²) in [4.78, 5) is 22.8. The number of amides is 1. The van der Waals surface area contributed by atoms with Crippen LogP contribution in [0, 0.1) is 6.92 Å². The van der Waals surface area contributed by atoms with Crippen molar-refractivity contribution in [2.75, 3.05) is 0 Å². The number of carbonyl (C=O) groups excluding carboxylic acids is 1. The van der Waals surface area contributed by atoms with Gasteiger partial charge in [0.2, 0.25) is 0 Å². The first-order valence-electron chi connectivity index (χ1n) is 7.26. The third-order valence-electron chi connectivity index (χ3n) is 3.32. The highest BCUT2D eigenvalue weighted by Gasteiger charge is 2.10. The van der Waals surface area contributed by atoms with Gasteiger partial charge in [0.25, 0.3) is 5.91 Å². The van der Waals surface area contributed by atoms with Gasteiger partial charge in [0, 0.05) is 17.7 Å². The number of unbranched alkanes of at least 4 members (excludes halogenated alkanes) is 1. The average molecular weight is 289 g/mol. The van der Waals surface area contributed by atoms with Gasteiger partial charge >= 0.3 is 5.97 Å². The van der Waals surface area contributed by atoms with E-state index in [-0.39, 0.29) is 11.9 Å². The van der Waals surface area contributed by atoms with Crippen molar-refractivity contribution in [2.24, 2.45) is 0 Å². The zero-order chi connectivity index (χ0) is 15.8. The highest BCUT2D eigenvalue weighted by atomic mass is 16.4. The number of hydrogen-bond acceptors (Lipinski definition) is 2. The number of carbonyl (C=O) groups is 2. The summed E-state index contributed by atoms with van der Waals surface area (Å²) < 4.78 is 0. The fourth-order valence-electron chi connectivity index (χ4n) is 2.01. The highest BCUT2D eigenvalue weighted by molar-refractivity contribution is 5.95. The van der Waals surface area contributed by atoms with Crippen molar-refractivity contribution in [1.82, 2.24) is 5.32 Å². The van der Waals surface area contributed by atoms with Gasteiger partial charge in [0.05, 0.1) is 0 Å². The summed E-state index contributed by atoms with van der Waals surface area (Å²) in [6.45, 7) is 6.00. The molecule has 0 saturated carbocycles. The maximum Gasteiger partial charge on any atom is 0.328 e. The summed E-state index contributed by atoms with van der Waals surface area (Å²) in [7, 11) is 0. The van der Waals surface area contributed by atoms with Crippen LogP contribution in [-0.2, 0) is 4.79 Å². The highest BCUT2D eigenvalue weighted by Crippen LogP contribution is 2.13. The summed E-state index contributed by atoms with van der Waals surface area (Å²) >= 11 is 0. The van der Waals surface area contributed by atoms with Gasteiger partial charge < -0.3 is 10.4 Å². The van der Waals surface area contributed by atoms with Crippen LogP contribution in [0.1, 0.15) is 54.6 Å². The molecular weight excluding hydrogens is 266 g/mol. The van der Waals surface area contributed by atoms with Gasteiger partial charge in [0.1, 0.15) is 0 Å². The van der Waals surface area contributed by atoms with Gasteiger partial charge in [-0.3, -0.25) is 4.79 Å². The number of carboxylic acid groups (broad SMARTS) is 1. The number of aryl methyl sites for hydroxylation is 1. The van der Waals surface area contributed by atoms with E-state index in [4.69, 9.17) is 5.11 Å². The van der Waals surface area contributed by atoms with Crippen LogP contribution < -0.4 is 5.32 Å². The van der Waals surface area contributed by atoms with Crippen LogP contribution in [0.3, 0.4) is 0 Å². The number of carboxylic acids is 1. The third kappa shape index (κ3) is 5.81. The predicted molar refractivity (Wildman–Crippen MR) is 84.3 cm³/mol. The lowest BCUT2D eigenvalue weighted by Crippen LogP contribution is -2.32. The first-order valence-corrected chi connectivity index (χ1v) is 7.26. The van der Waals surface area contributed by atoms with E-state index in [0.29, 0.717) is 5.56 Å². The molecule has 0 spiro atoms. The Morgan fingerprint density at radius 2 is 2.10 bits per heavy atom. The van der Waals surface area contributed by atoms with Gasteiger partial charge in [-0.25, -0.2) is 4.79 Å². The molecule has 21 heavy (non-hydrogen) atoms. The molecule has 0 aromatic heterocycles. The molecule has 0 heterocycles. The Morgan fingerprint density at radius 1 is 1.38 bits per heavy atom. The second kappa shape index (κ2) is 8.25. The first kappa shape index (κ1) is 17.0. The van der Waals surface area contributed by atoms with E-state index in [0.717, 1.165) is 36.5 Å². The Balaban J connectivity index is 2.81. The molecule has 0 radical (unpaired) electrons. The summed E-state index contributed by atoms with van der Waals surface area (Å²) in [6.07, 6.45) is 5.74. The molecule has 1 amide bonds. The molecule has 1 atom stereocenters. The molecular formula is C17H23NO3. The van der Waals surface area contributed by atoms with Gasteiger partial charge in [-0.15, -0.1) is 0 Å². The lowest BCUT2D eigenvalue weighted by molar-refractivity contribution is -0.131. The molecule has 0 bridgehead atoms. The van der Waals surface area contributed by atoms with Crippen LogP contribution >= 0.6 is 0 Å². The molecule has 1 rings (SSSR count). The van der Waals surface area contributed by atoms with Crippen LogP contribution in [0.5, 0.6) is 0 Å². The molecule has 1 unspecified atom stereocenters. The fourth-order valence-corrected chi connectivity index (χ4v) is 2.01. The van der Waals surface area contributed by atoms with Crippen molar-refractivity contribution in [2.45, 2.75) is 46.1 Å². The molecule has 4 nitrogen and oxygen atoms in total. The van der Waals surface area contributed by atoms with Crippen LogP contribution in [0.2, 0.25) is 0 Å². The second-order valence-electron chi connectivity index (χ2n) is 5.26. The smallest absolute Gasteiger partial charge is 0.328 e. The number of aliphatic carboxylic acids is 1. The maximum absolute atomic E-state index is 12.2. The van der Waals surface area contributed by atoms with E-state index >= 15 is 0 Å². The first-order chi connectivity index (χ1) is 9.93. The molecule has 4 heteroatoms. The Kier molecular flexibility index (Phi) is 6.66. The molecule has 0 aliphatic rings. The van der Waals surface area contributed by atoms with Crippen molar-refractivity contribution in [3.63, 3.8) is 0 Å². The molecule has 0 aliphatic heterocycles. The van der Waals surface area contributed by atoms with Crippen molar-refractivity contribution >= 4 is 18.0 Å². The minimum absolute atomic E-state index is 0.122.